The van der Waals surface area contributed by atoms with E-state index in [1.54, 1.807) is 26.0 Å². The summed E-state index contributed by atoms with van der Waals surface area (Å²) in [6.07, 6.45) is 0.486. The Labute approximate surface area is 132 Å². The Bertz CT molecular complexity index is 598. The average molecular weight is 329 g/mol. The quantitative estimate of drug-likeness (QED) is 0.773. The molecule has 124 valence electrons. The molecular weight excluding hydrogens is 305 g/mol. The third kappa shape index (κ3) is 4.29. The molecule has 2 atom stereocenters. The van der Waals surface area contributed by atoms with Crippen LogP contribution in [0.1, 0.15) is 45.7 Å². The van der Waals surface area contributed by atoms with Gasteiger partial charge in [0.25, 0.3) is 0 Å². The van der Waals surface area contributed by atoms with Gasteiger partial charge in [-0.1, -0.05) is 19.1 Å². The molecule has 0 aromatic heterocycles. The second-order valence-electron chi connectivity index (χ2n) is 5.36. The third-order valence-corrected chi connectivity index (χ3v) is 6.08. The van der Waals surface area contributed by atoms with Crippen molar-refractivity contribution >= 4 is 15.7 Å². The summed E-state index contributed by atoms with van der Waals surface area (Å²) >= 11 is 0. The molecule has 1 aromatic rings. The van der Waals surface area contributed by atoms with Gasteiger partial charge in [0.15, 0.2) is 9.84 Å². The molecule has 0 aliphatic carbocycles. The van der Waals surface area contributed by atoms with E-state index in [0.29, 0.717) is 13.0 Å². The first-order valence-corrected chi connectivity index (χ1v) is 9.23. The van der Waals surface area contributed by atoms with Crippen molar-refractivity contribution in [3.63, 3.8) is 0 Å². The molecule has 0 bridgehead atoms. The van der Waals surface area contributed by atoms with Crippen LogP contribution in [0, 0.1) is 5.82 Å². The fourth-order valence-electron chi connectivity index (χ4n) is 2.39. The molecule has 1 aromatic carbocycles. The molecule has 22 heavy (non-hydrogen) atoms. The topological polar surface area (TPSA) is 54.5 Å². The van der Waals surface area contributed by atoms with Crippen LogP contribution in [0.5, 0.6) is 0 Å². The van der Waals surface area contributed by atoms with E-state index in [0.717, 1.165) is 5.56 Å². The zero-order valence-electron chi connectivity index (χ0n) is 13.5. The first-order chi connectivity index (χ1) is 10.2. The number of carbonyl (C=O) groups is 1. The predicted octanol–water partition coefficient (Wildman–Crippen LogP) is 2.95. The summed E-state index contributed by atoms with van der Waals surface area (Å²) in [7, 11) is -3.44. The lowest BCUT2D eigenvalue weighted by atomic mass is 10.1. The lowest BCUT2D eigenvalue weighted by Gasteiger charge is -2.30. The van der Waals surface area contributed by atoms with Crippen LogP contribution in [0.4, 0.5) is 4.39 Å². The van der Waals surface area contributed by atoms with E-state index in [-0.39, 0.29) is 17.6 Å². The number of rotatable bonds is 7. The maximum Gasteiger partial charge on any atom is 0.241 e. The van der Waals surface area contributed by atoms with Crippen molar-refractivity contribution in [2.24, 2.45) is 0 Å². The maximum atomic E-state index is 13.0. The molecular formula is C16H24FNO3S. The number of halogens is 1. The standard InChI is InChI=1S/C16H24FNO3S/c1-5-11-22(20,21)13(4)16(19)18(6-2)12(3)14-7-9-15(17)10-8-14/h7-10,12-13H,5-6,11H2,1-4H3/t12-,13-/m1/s1. The SMILES string of the molecule is CCCS(=O)(=O)[C@H](C)C(=O)N(CC)[C@H](C)c1ccc(F)cc1. The maximum absolute atomic E-state index is 13.0. The van der Waals surface area contributed by atoms with Gasteiger partial charge >= 0.3 is 0 Å². The summed E-state index contributed by atoms with van der Waals surface area (Å²) in [5, 5.41) is -1.06. The molecule has 4 nitrogen and oxygen atoms in total. The Balaban J connectivity index is 2.99. The van der Waals surface area contributed by atoms with Gasteiger partial charge in [-0.25, -0.2) is 12.8 Å². The predicted molar refractivity (Wildman–Crippen MR) is 85.7 cm³/mol. The molecule has 0 spiro atoms. The fourth-order valence-corrected chi connectivity index (χ4v) is 3.76. The average Bonchev–Trinajstić information content (AvgIpc) is 2.47. The molecule has 0 saturated carbocycles. The fraction of sp³-hybridized carbons (Fsp3) is 0.562. The van der Waals surface area contributed by atoms with Crippen LogP contribution in [0.25, 0.3) is 0 Å². The van der Waals surface area contributed by atoms with Crippen LogP contribution in [0.2, 0.25) is 0 Å². The second kappa shape index (κ2) is 7.72. The van der Waals surface area contributed by atoms with Gasteiger partial charge in [-0.05, 0) is 44.9 Å². The highest BCUT2D eigenvalue weighted by Gasteiger charge is 2.32. The highest BCUT2D eigenvalue weighted by atomic mass is 32.2. The van der Waals surface area contributed by atoms with E-state index in [1.807, 2.05) is 6.92 Å². The first-order valence-electron chi connectivity index (χ1n) is 7.52. The van der Waals surface area contributed by atoms with E-state index in [9.17, 15) is 17.6 Å². The number of hydrogen-bond acceptors (Lipinski definition) is 3. The van der Waals surface area contributed by atoms with Gasteiger partial charge in [0.05, 0.1) is 11.8 Å². The van der Waals surface area contributed by atoms with Crippen molar-refractivity contribution in [2.75, 3.05) is 12.3 Å². The summed E-state index contributed by atoms with van der Waals surface area (Å²) in [6.45, 7) is 7.22. The molecule has 6 heteroatoms. The molecule has 0 radical (unpaired) electrons. The number of carbonyl (C=O) groups excluding carboxylic acids is 1. The van der Waals surface area contributed by atoms with Gasteiger partial charge < -0.3 is 4.90 Å². The highest BCUT2D eigenvalue weighted by molar-refractivity contribution is 7.92. The van der Waals surface area contributed by atoms with Crippen LogP contribution >= 0.6 is 0 Å². The van der Waals surface area contributed by atoms with Crippen LogP contribution in [0.3, 0.4) is 0 Å². The monoisotopic (exact) mass is 329 g/mol. The van der Waals surface area contributed by atoms with Crippen molar-refractivity contribution in [1.29, 1.82) is 0 Å². The molecule has 1 rings (SSSR count). The molecule has 0 unspecified atom stereocenters. The van der Waals surface area contributed by atoms with Gasteiger partial charge in [-0.2, -0.15) is 0 Å². The third-order valence-electron chi connectivity index (χ3n) is 3.82. The Kier molecular flexibility index (Phi) is 6.53. The Morgan fingerprint density at radius 2 is 1.73 bits per heavy atom. The van der Waals surface area contributed by atoms with E-state index in [2.05, 4.69) is 0 Å². The Hall–Kier alpha value is -1.43. The van der Waals surface area contributed by atoms with Crippen molar-refractivity contribution < 1.29 is 17.6 Å². The zero-order valence-corrected chi connectivity index (χ0v) is 14.4. The summed E-state index contributed by atoms with van der Waals surface area (Å²) in [6, 6.07) is 5.59. The first kappa shape index (κ1) is 18.6. The highest BCUT2D eigenvalue weighted by Crippen LogP contribution is 2.22. The number of amides is 1. The normalized spacial score (nSPS) is 14.4. The summed E-state index contributed by atoms with van der Waals surface area (Å²) < 4.78 is 37.2. The van der Waals surface area contributed by atoms with E-state index in [4.69, 9.17) is 0 Å². The van der Waals surface area contributed by atoms with Gasteiger partial charge in [-0.15, -0.1) is 0 Å². The molecule has 0 aliphatic heterocycles. The van der Waals surface area contributed by atoms with Gasteiger partial charge in [0.1, 0.15) is 11.1 Å². The van der Waals surface area contributed by atoms with Crippen molar-refractivity contribution in [1.82, 2.24) is 4.90 Å². The Morgan fingerprint density at radius 1 is 1.18 bits per heavy atom. The number of sulfone groups is 1. The smallest absolute Gasteiger partial charge is 0.241 e. The minimum Gasteiger partial charge on any atom is -0.335 e. The van der Waals surface area contributed by atoms with E-state index < -0.39 is 21.0 Å². The number of hydrogen-bond donors (Lipinski definition) is 0. The van der Waals surface area contributed by atoms with Crippen molar-refractivity contribution in [3.05, 3.63) is 35.6 Å². The summed E-state index contributed by atoms with van der Waals surface area (Å²) in [4.78, 5) is 14.1. The van der Waals surface area contributed by atoms with Crippen LogP contribution in [-0.2, 0) is 14.6 Å². The van der Waals surface area contributed by atoms with Crippen molar-refractivity contribution in [3.8, 4) is 0 Å². The molecule has 0 N–H and O–H groups in total. The van der Waals surface area contributed by atoms with Crippen LogP contribution in [-0.4, -0.2) is 36.8 Å². The number of benzene rings is 1. The lowest BCUT2D eigenvalue weighted by molar-refractivity contribution is -0.132. The molecule has 0 heterocycles. The van der Waals surface area contributed by atoms with E-state index in [1.165, 1.54) is 24.0 Å². The summed E-state index contributed by atoms with van der Waals surface area (Å²) in [5.74, 6) is -0.750. The molecule has 0 fully saturated rings. The minimum atomic E-state index is -3.44. The minimum absolute atomic E-state index is 0.00237. The zero-order chi connectivity index (χ0) is 16.9. The summed E-state index contributed by atoms with van der Waals surface area (Å²) in [5.41, 5.74) is 0.775. The van der Waals surface area contributed by atoms with Crippen LogP contribution < -0.4 is 0 Å². The number of nitrogens with zero attached hydrogens (tertiary/aromatic N) is 1. The van der Waals surface area contributed by atoms with Crippen LogP contribution in [0.15, 0.2) is 24.3 Å². The van der Waals surface area contributed by atoms with E-state index >= 15 is 0 Å². The molecule has 0 saturated heterocycles. The largest absolute Gasteiger partial charge is 0.335 e. The van der Waals surface area contributed by atoms with Gasteiger partial charge in [0.2, 0.25) is 5.91 Å². The second-order valence-corrected chi connectivity index (χ2v) is 7.80. The molecule has 0 aliphatic rings. The molecule has 1 amide bonds. The van der Waals surface area contributed by atoms with Crippen molar-refractivity contribution in [2.45, 2.75) is 45.4 Å². The van der Waals surface area contributed by atoms with Gasteiger partial charge in [0, 0.05) is 6.54 Å². The lowest BCUT2D eigenvalue weighted by Crippen LogP contribution is -2.43. The Morgan fingerprint density at radius 3 is 2.18 bits per heavy atom. The van der Waals surface area contributed by atoms with Gasteiger partial charge in [-0.3, -0.25) is 4.79 Å².